The summed E-state index contributed by atoms with van der Waals surface area (Å²) in [5, 5.41) is 5.31. The Kier molecular flexibility index (Phi) is 4.63. The van der Waals surface area contributed by atoms with Crippen molar-refractivity contribution in [2.75, 3.05) is 0 Å². The van der Waals surface area contributed by atoms with Crippen LogP contribution in [0.3, 0.4) is 0 Å². The summed E-state index contributed by atoms with van der Waals surface area (Å²) in [5.41, 5.74) is 9.42. The van der Waals surface area contributed by atoms with Crippen LogP contribution in [0.2, 0.25) is 0 Å². The first-order chi connectivity index (χ1) is 17.4. The molecule has 0 heteroatoms. The van der Waals surface area contributed by atoms with Crippen molar-refractivity contribution in [3.63, 3.8) is 0 Å². The SMILES string of the molecule is c1ccc(C2=C(c3ccccc3)C(c3ccccc3)c3c2c2ccccc2c2ccccc32)cc1. The van der Waals surface area contributed by atoms with E-state index in [0.717, 1.165) is 0 Å². The van der Waals surface area contributed by atoms with Crippen molar-refractivity contribution < 1.29 is 0 Å². The van der Waals surface area contributed by atoms with Crippen molar-refractivity contribution in [2.45, 2.75) is 5.92 Å². The smallest absolute Gasteiger partial charge is 0.0364 e. The number of hydrogen-bond donors (Lipinski definition) is 0. The summed E-state index contributed by atoms with van der Waals surface area (Å²) in [5.74, 6) is 0.151. The maximum Gasteiger partial charge on any atom is 0.0364 e. The fourth-order valence-corrected chi connectivity index (χ4v) is 5.97. The fourth-order valence-electron chi connectivity index (χ4n) is 5.97. The van der Waals surface area contributed by atoms with Crippen molar-refractivity contribution >= 4 is 32.7 Å². The standard InChI is InChI=1S/C35H24/c1-4-14-24(15-5-1)31-32(25-16-6-2-7-17-25)34-29-22-12-10-20-27(29)28-21-11-13-23-30(28)35(34)33(31)26-18-8-3-9-19-26/h1-23,32H. The molecule has 0 amide bonds. The van der Waals surface area contributed by atoms with Crippen LogP contribution in [0.25, 0.3) is 32.7 Å². The molecule has 1 aliphatic rings. The number of benzene rings is 6. The Morgan fingerprint density at radius 3 is 1.46 bits per heavy atom. The Morgan fingerprint density at radius 1 is 0.371 bits per heavy atom. The molecule has 0 saturated heterocycles. The summed E-state index contributed by atoms with van der Waals surface area (Å²) in [4.78, 5) is 0. The summed E-state index contributed by atoms with van der Waals surface area (Å²) < 4.78 is 0. The number of fused-ring (bicyclic) bond motifs is 6. The van der Waals surface area contributed by atoms with E-state index in [2.05, 4.69) is 140 Å². The molecule has 0 spiro atoms. The summed E-state index contributed by atoms with van der Waals surface area (Å²) in [7, 11) is 0. The van der Waals surface area contributed by atoms with Gasteiger partial charge in [0.2, 0.25) is 0 Å². The lowest BCUT2D eigenvalue weighted by Crippen LogP contribution is -2.02. The molecule has 1 aliphatic carbocycles. The van der Waals surface area contributed by atoms with Crippen LogP contribution in [0.15, 0.2) is 140 Å². The van der Waals surface area contributed by atoms with E-state index in [1.807, 2.05) is 0 Å². The van der Waals surface area contributed by atoms with Crippen LogP contribution >= 0.6 is 0 Å². The molecule has 0 fully saturated rings. The summed E-state index contributed by atoms with van der Waals surface area (Å²) >= 11 is 0. The summed E-state index contributed by atoms with van der Waals surface area (Å²) in [6, 6.07) is 50.8. The molecule has 0 aliphatic heterocycles. The van der Waals surface area contributed by atoms with Crippen LogP contribution < -0.4 is 0 Å². The lowest BCUT2D eigenvalue weighted by molar-refractivity contribution is 1.08. The van der Waals surface area contributed by atoms with Gasteiger partial charge in [-0.2, -0.15) is 0 Å². The third-order valence-corrected chi connectivity index (χ3v) is 7.35. The van der Waals surface area contributed by atoms with Gasteiger partial charge in [-0.1, -0.05) is 140 Å². The third kappa shape index (κ3) is 3.07. The molecule has 1 unspecified atom stereocenters. The minimum atomic E-state index is 0.151. The minimum Gasteiger partial charge on any atom is -0.0622 e. The second kappa shape index (κ2) is 8.11. The van der Waals surface area contributed by atoms with Crippen molar-refractivity contribution in [1.82, 2.24) is 0 Å². The van der Waals surface area contributed by atoms with Gasteiger partial charge < -0.3 is 0 Å². The highest BCUT2D eigenvalue weighted by Crippen LogP contribution is 2.56. The average molecular weight is 445 g/mol. The molecule has 0 heterocycles. The average Bonchev–Trinajstić information content (AvgIpc) is 3.31. The topological polar surface area (TPSA) is 0 Å². The van der Waals surface area contributed by atoms with Gasteiger partial charge in [0.15, 0.2) is 0 Å². The van der Waals surface area contributed by atoms with Gasteiger partial charge in [0.05, 0.1) is 0 Å². The van der Waals surface area contributed by atoms with Crippen LogP contribution in [0.4, 0.5) is 0 Å². The molecule has 0 nitrogen and oxygen atoms in total. The van der Waals surface area contributed by atoms with E-state index in [-0.39, 0.29) is 5.92 Å². The minimum absolute atomic E-state index is 0.151. The first-order valence-electron chi connectivity index (χ1n) is 12.3. The fraction of sp³-hybridized carbons (Fsp3) is 0.0286. The van der Waals surface area contributed by atoms with Crippen LogP contribution in [-0.4, -0.2) is 0 Å². The van der Waals surface area contributed by atoms with Crippen molar-refractivity contribution in [3.8, 4) is 0 Å². The Hall–Kier alpha value is -4.42. The molecule has 0 aromatic heterocycles. The monoisotopic (exact) mass is 444 g/mol. The van der Waals surface area contributed by atoms with Crippen molar-refractivity contribution in [1.29, 1.82) is 0 Å². The second-order valence-corrected chi connectivity index (χ2v) is 9.24. The number of rotatable bonds is 3. The van der Waals surface area contributed by atoms with Gasteiger partial charge in [0.25, 0.3) is 0 Å². The predicted octanol–water partition coefficient (Wildman–Crippen LogP) is 9.10. The summed E-state index contributed by atoms with van der Waals surface area (Å²) in [6.07, 6.45) is 0. The largest absolute Gasteiger partial charge is 0.0622 e. The highest BCUT2D eigenvalue weighted by Gasteiger charge is 2.36. The molecule has 0 radical (unpaired) electrons. The zero-order chi connectivity index (χ0) is 23.2. The first kappa shape index (κ1) is 20.0. The molecular formula is C35H24. The molecule has 0 bridgehead atoms. The molecule has 35 heavy (non-hydrogen) atoms. The van der Waals surface area contributed by atoms with Gasteiger partial charge in [-0.25, -0.2) is 0 Å². The Labute approximate surface area is 205 Å². The molecule has 1 atom stereocenters. The molecule has 0 saturated carbocycles. The maximum absolute atomic E-state index is 2.31. The lowest BCUT2D eigenvalue weighted by atomic mass is 9.82. The zero-order valence-electron chi connectivity index (χ0n) is 19.4. The molecule has 7 rings (SSSR count). The van der Waals surface area contributed by atoms with Gasteiger partial charge in [0, 0.05) is 5.92 Å². The van der Waals surface area contributed by atoms with Gasteiger partial charge in [0.1, 0.15) is 0 Å². The number of allylic oxidation sites excluding steroid dienone is 1. The third-order valence-electron chi connectivity index (χ3n) is 7.35. The van der Waals surface area contributed by atoms with E-state index in [4.69, 9.17) is 0 Å². The predicted molar refractivity (Wildman–Crippen MR) is 149 cm³/mol. The number of hydrogen-bond acceptors (Lipinski definition) is 0. The molecule has 164 valence electrons. The normalized spacial score (nSPS) is 15.0. The quantitative estimate of drug-likeness (QED) is 0.239. The van der Waals surface area contributed by atoms with E-state index >= 15 is 0 Å². The van der Waals surface area contributed by atoms with Gasteiger partial charge in [-0.05, 0) is 60.5 Å². The van der Waals surface area contributed by atoms with E-state index in [1.54, 1.807) is 0 Å². The highest BCUT2D eigenvalue weighted by atomic mass is 14.4. The highest BCUT2D eigenvalue weighted by molar-refractivity contribution is 6.21. The van der Waals surface area contributed by atoms with Gasteiger partial charge in [-0.3, -0.25) is 0 Å². The molecular weight excluding hydrogens is 420 g/mol. The van der Waals surface area contributed by atoms with E-state index in [0.29, 0.717) is 0 Å². The van der Waals surface area contributed by atoms with E-state index in [1.165, 1.54) is 60.5 Å². The molecule has 6 aromatic rings. The summed E-state index contributed by atoms with van der Waals surface area (Å²) in [6.45, 7) is 0. The van der Waals surface area contributed by atoms with Crippen LogP contribution in [0, 0.1) is 0 Å². The molecule has 6 aromatic carbocycles. The second-order valence-electron chi connectivity index (χ2n) is 9.24. The lowest BCUT2D eigenvalue weighted by Gasteiger charge is -2.20. The first-order valence-corrected chi connectivity index (χ1v) is 12.3. The Bertz CT molecular complexity index is 1710. The van der Waals surface area contributed by atoms with Crippen molar-refractivity contribution in [3.05, 3.63) is 167 Å². The Balaban J connectivity index is 1.73. The van der Waals surface area contributed by atoms with Crippen LogP contribution in [0.5, 0.6) is 0 Å². The maximum atomic E-state index is 2.31. The van der Waals surface area contributed by atoms with Crippen LogP contribution in [0.1, 0.15) is 33.7 Å². The zero-order valence-corrected chi connectivity index (χ0v) is 19.4. The van der Waals surface area contributed by atoms with E-state index in [9.17, 15) is 0 Å². The van der Waals surface area contributed by atoms with Crippen LogP contribution in [-0.2, 0) is 0 Å². The van der Waals surface area contributed by atoms with Gasteiger partial charge >= 0.3 is 0 Å². The van der Waals surface area contributed by atoms with Crippen molar-refractivity contribution in [2.24, 2.45) is 0 Å². The van der Waals surface area contributed by atoms with E-state index < -0.39 is 0 Å². The molecule has 0 N–H and O–H groups in total. The van der Waals surface area contributed by atoms with Gasteiger partial charge in [-0.15, -0.1) is 0 Å². The Morgan fingerprint density at radius 2 is 0.829 bits per heavy atom.